The van der Waals surface area contributed by atoms with Crippen LogP contribution in [0.4, 0.5) is 4.39 Å². The van der Waals surface area contributed by atoms with E-state index in [9.17, 15) is 9.18 Å². The predicted molar refractivity (Wildman–Crippen MR) is 59.2 cm³/mol. The minimum absolute atomic E-state index is 0.382. The Morgan fingerprint density at radius 3 is 2.76 bits per heavy atom. The first-order valence-corrected chi connectivity index (χ1v) is 5.24. The number of hydrogen-bond donors (Lipinski definition) is 3. The molecule has 1 aliphatic heterocycles. The molecule has 5 nitrogen and oxygen atoms in total. The fraction of sp³-hybridized carbons (Fsp3) is 0.364. The minimum Gasteiger partial charge on any atom is -0.468 e. The summed E-state index contributed by atoms with van der Waals surface area (Å²) >= 11 is 0. The second kappa shape index (κ2) is 4.79. The average molecular weight is 239 g/mol. The SMILES string of the molecule is COC(=O)C1NNC(N)C1c1ccccc1F. The predicted octanol–water partition coefficient (Wildman–Crippen LogP) is -0.156. The number of ether oxygens (including phenoxy) is 1. The maximum Gasteiger partial charge on any atom is 0.324 e. The Morgan fingerprint density at radius 1 is 1.41 bits per heavy atom. The number of hydrazine groups is 1. The van der Waals surface area contributed by atoms with Crippen molar-refractivity contribution in [2.24, 2.45) is 5.73 Å². The standard InChI is InChI=1S/C11H14FN3O2/c1-17-11(16)9-8(10(13)15-14-9)6-4-2-3-5-7(6)12/h2-5,8-10,14-15H,13H2,1H3. The summed E-state index contributed by atoms with van der Waals surface area (Å²) in [4.78, 5) is 11.6. The molecule has 1 heterocycles. The van der Waals surface area contributed by atoms with E-state index in [-0.39, 0.29) is 5.82 Å². The van der Waals surface area contributed by atoms with Crippen LogP contribution in [0.5, 0.6) is 0 Å². The molecule has 1 aliphatic rings. The molecule has 6 heteroatoms. The molecule has 0 aliphatic carbocycles. The molecular weight excluding hydrogens is 225 g/mol. The van der Waals surface area contributed by atoms with E-state index in [1.54, 1.807) is 18.2 Å². The molecule has 1 saturated heterocycles. The van der Waals surface area contributed by atoms with Gasteiger partial charge >= 0.3 is 5.97 Å². The van der Waals surface area contributed by atoms with Gasteiger partial charge in [0.1, 0.15) is 11.9 Å². The molecule has 0 amide bonds. The number of halogens is 1. The van der Waals surface area contributed by atoms with Crippen LogP contribution in [0.25, 0.3) is 0 Å². The largest absolute Gasteiger partial charge is 0.468 e. The maximum absolute atomic E-state index is 13.7. The lowest BCUT2D eigenvalue weighted by molar-refractivity contribution is -0.143. The van der Waals surface area contributed by atoms with Crippen molar-refractivity contribution in [1.82, 2.24) is 10.9 Å². The number of nitrogens with one attached hydrogen (secondary N) is 2. The number of nitrogens with two attached hydrogens (primary N) is 1. The Kier molecular flexibility index (Phi) is 3.37. The van der Waals surface area contributed by atoms with Gasteiger partial charge in [-0.1, -0.05) is 18.2 Å². The van der Waals surface area contributed by atoms with Crippen molar-refractivity contribution in [3.05, 3.63) is 35.6 Å². The van der Waals surface area contributed by atoms with Crippen molar-refractivity contribution in [2.75, 3.05) is 7.11 Å². The zero-order valence-electron chi connectivity index (χ0n) is 9.31. The second-order valence-electron chi connectivity index (χ2n) is 3.86. The number of hydrogen-bond acceptors (Lipinski definition) is 5. The van der Waals surface area contributed by atoms with Gasteiger partial charge in [0.15, 0.2) is 0 Å². The third-order valence-electron chi connectivity index (χ3n) is 2.87. The number of benzene rings is 1. The number of carbonyl (C=O) groups is 1. The van der Waals surface area contributed by atoms with Crippen molar-refractivity contribution < 1.29 is 13.9 Å². The van der Waals surface area contributed by atoms with E-state index in [0.717, 1.165) is 0 Å². The molecule has 92 valence electrons. The lowest BCUT2D eigenvalue weighted by Gasteiger charge is -2.19. The molecule has 2 rings (SSSR count). The van der Waals surface area contributed by atoms with Crippen LogP contribution in [0, 0.1) is 5.82 Å². The van der Waals surface area contributed by atoms with Crippen molar-refractivity contribution in [3.63, 3.8) is 0 Å². The smallest absolute Gasteiger partial charge is 0.324 e. The van der Waals surface area contributed by atoms with Gasteiger partial charge in [0.25, 0.3) is 0 Å². The summed E-state index contributed by atoms with van der Waals surface area (Å²) in [6, 6.07) is 5.57. The molecule has 0 spiro atoms. The quantitative estimate of drug-likeness (QED) is 0.625. The van der Waals surface area contributed by atoms with Gasteiger partial charge in [0, 0.05) is 5.92 Å². The van der Waals surface area contributed by atoms with Crippen LogP contribution in [0.3, 0.4) is 0 Å². The van der Waals surface area contributed by atoms with Crippen LogP contribution in [0.2, 0.25) is 0 Å². The first-order valence-electron chi connectivity index (χ1n) is 5.24. The molecule has 1 aromatic rings. The molecule has 4 N–H and O–H groups in total. The van der Waals surface area contributed by atoms with Crippen molar-refractivity contribution in [1.29, 1.82) is 0 Å². The van der Waals surface area contributed by atoms with Crippen LogP contribution in [0.15, 0.2) is 24.3 Å². The number of esters is 1. The Hall–Kier alpha value is -1.50. The van der Waals surface area contributed by atoms with Gasteiger partial charge in [-0.15, -0.1) is 0 Å². The number of methoxy groups -OCH3 is 1. The second-order valence-corrected chi connectivity index (χ2v) is 3.86. The molecule has 0 radical (unpaired) electrons. The maximum atomic E-state index is 13.7. The number of rotatable bonds is 2. The lowest BCUT2D eigenvalue weighted by Crippen LogP contribution is -2.39. The highest BCUT2D eigenvalue weighted by Gasteiger charge is 2.41. The first-order chi connectivity index (χ1) is 8.15. The van der Waals surface area contributed by atoms with E-state index in [1.807, 2.05) is 0 Å². The topological polar surface area (TPSA) is 76.4 Å². The normalized spacial score (nSPS) is 28.1. The summed E-state index contributed by atoms with van der Waals surface area (Å²) in [6.07, 6.45) is -0.545. The Morgan fingerprint density at radius 2 is 2.12 bits per heavy atom. The van der Waals surface area contributed by atoms with Crippen LogP contribution >= 0.6 is 0 Å². The van der Waals surface area contributed by atoms with E-state index in [4.69, 9.17) is 5.73 Å². The molecule has 3 unspecified atom stereocenters. The Labute approximate surface area is 98.1 Å². The molecule has 1 aromatic carbocycles. The van der Waals surface area contributed by atoms with E-state index < -0.39 is 24.1 Å². The van der Waals surface area contributed by atoms with E-state index in [0.29, 0.717) is 5.56 Å². The third-order valence-corrected chi connectivity index (χ3v) is 2.87. The van der Waals surface area contributed by atoms with E-state index in [1.165, 1.54) is 13.2 Å². The van der Waals surface area contributed by atoms with Gasteiger partial charge in [-0.2, -0.15) is 0 Å². The van der Waals surface area contributed by atoms with Gasteiger partial charge in [0.05, 0.1) is 13.3 Å². The monoisotopic (exact) mass is 239 g/mol. The summed E-state index contributed by atoms with van der Waals surface area (Å²) in [6.45, 7) is 0. The minimum atomic E-state index is -0.688. The fourth-order valence-corrected chi connectivity index (χ4v) is 2.02. The summed E-state index contributed by atoms with van der Waals surface area (Å²) in [7, 11) is 1.28. The zero-order chi connectivity index (χ0) is 12.4. The van der Waals surface area contributed by atoms with Gasteiger partial charge in [-0.3, -0.25) is 4.79 Å². The molecule has 3 atom stereocenters. The molecule has 0 aromatic heterocycles. The highest BCUT2D eigenvalue weighted by molar-refractivity contribution is 5.77. The first kappa shape index (κ1) is 12.0. The van der Waals surface area contributed by atoms with Gasteiger partial charge in [0.2, 0.25) is 0 Å². The molecular formula is C11H14FN3O2. The number of carbonyl (C=O) groups excluding carboxylic acids is 1. The fourth-order valence-electron chi connectivity index (χ4n) is 2.02. The van der Waals surface area contributed by atoms with Crippen LogP contribution in [-0.2, 0) is 9.53 Å². The van der Waals surface area contributed by atoms with Crippen molar-refractivity contribution in [3.8, 4) is 0 Å². The molecule has 0 saturated carbocycles. The Balaban J connectivity index is 2.34. The average Bonchev–Trinajstić information content (AvgIpc) is 2.71. The van der Waals surface area contributed by atoms with Crippen molar-refractivity contribution in [2.45, 2.75) is 18.1 Å². The highest BCUT2D eigenvalue weighted by atomic mass is 19.1. The lowest BCUT2D eigenvalue weighted by atomic mass is 9.90. The molecule has 17 heavy (non-hydrogen) atoms. The van der Waals surface area contributed by atoms with Gasteiger partial charge < -0.3 is 10.5 Å². The third kappa shape index (κ3) is 2.14. The Bertz CT molecular complexity index is 427. The van der Waals surface area contributed by atoms with Gasteiger partial charge in [-0.25, -0.2) is 15.2 Å². The van der Waals surface area contributed by atoms with E-state index in [2.05, 4.69) is 15.6 Å². The molecule has 1 fully saturated rings. The zero-order valence-corrected chi connectivity index (χ0v) is 9.31. The highest BCUT2D eigenvalue weighted by Crippen LogP contribution is 2.27. The summed E-state index contributed by atoms with van der Waals surface area (Å²) in [5.74, 6) is -1.35. The summed E-state index contributed by atoms with van der Waals surface area (Å²) in [5.41, 5.74) is 11.6. The van der Waals surface area contributed by atoms with Gasteiger partial charge in [-0.05, 0) is 11.6 Å². The summed E-state index contributed by atoms with van der Waals surface area (Å²) < 4.78 is 18.3. The summed E-state index contributed by atoms with van der Waals surface area (Å²) in [5, 5.41) is 0. The van der Waals surface area contributed by atoms with Crippen LogP contribution < -0.4 is 16.6 Å². The molecule has 0 bridgehead atoms. The van der Waals surface area contributed by atoms with Crippen LogP contribution in [0.1, 0.15) is 11.5 Å². The van der Waals surface area contributed by atoms with Crippen LogP contribution in [-0.4, -0.2) is 25.3 Å². The van der Waals surface area contributed by atoms with Crippen molar-refractivity contribution >= 4 is 5.97 Å². The van der Waals surface area contributed by atoms with E-state index >= 15 is 0 Å².